The molecule has 1 amide bonds. The van der Waals surface area contributed by atoms with Gasteiger partial charge in [-0.1, -0.05) is 6.07 Å². The van der Waals surface area contributed by atoms with Gasteiger partial charge in [-0.05, 0) is 54.6 Å². The second kappa shape index (κ2) is 9.48. The van der Waals surface area contributed by atoms with Gasteiger partial charge in [-0.25, -0.2) is 13.4 Å². The monoisotopic (exact) mass is 440 g/mol. The van der Waals surface area contributed by atoms with Crippen LogP contribution in [-0.4, -0.2) is 40.5 Å². The predicted molar refractivity (Wildman–Crippen MR) is 120 cm³/mol. The molecule has 0 saturated carbocycles. The van der Waals surface area contributed by atoms with Gasteiger partial charge in [0.2, 0.25) is 0 Å². The van der Waals surface area contributed by atoms with E-state index in [4.69, 9.17) is 4.74 Å². The van der Waals surface area contributed by atoms with Gasteiger partial charge in [0.1, 0.15) is 11.6 Å². The number of amides is 1. The van der Waals surface area contributed by atoms with Crippen molar-refractivity contribution in [1.82, 2.24) is 10.3 Å². The first-order valence-corrected chi connectivity index (χ1v) is 10.9. The van der Waals surface area contributed by atoms with E-state index in [0.717, 1.165) is 11.4 Å². The standard InChI is InChI=1S/C22H24N4O4S/c1-26(2)21-17(5-4-14-23-21)15-24-22(27)16-6-12-20(13-7-16)31(28,29)25-18-8-10-19(30-3)11-9-18/h4-14,25H,15H2,1-3H3,(H,24,27). The molecule has 0 aliphatic rings. The summed E-state index contributed by atoms with van der Waals surface area (Å²) in [6, 6.07) is 16.0. The van der Waals surface area contributed by atoms with E-state index in [9.17, 15) is 13.2 Å². The highest BCUT2D eigenvalue weighted by Crippen LogP contribution is 2.20. The number of carbonyl (C=O) groups excluding carboxylic acids is 1. The van der Waals surface area contributed by atoms with Crippen LogP contribution in [0.5, 0.6) is 5.75 Å². The van der Waals surface area contributed by atoms with E-state index in [2.05, 4.69) is 15.0 Å². The van der Waals surface area contributed by atoms with Gasteiger partial charge in [0.05, 0.1) is 12.0 Å². The number of pyridine rings is 1. The molecule has 9 heteroatoms. The highest BCUT2D eigenvalue weighted by Gasteiger charge is 2.16. The van der Waals surface area contributed by atoms with E-state index in [0.29, 0.717) is 23.5 Å². The molecule has 8 nitrogen and oxygen atoms in total. The van der Waals surface area contributed by atoms with Crippen molar-refractivity contribution < 1.29 is 17.9 Å². The maximum Gasteiger partial charge on any atom is 0.261 e. The van der Waals surface area contributed by atoms with Crippen LogP contribution >= 0.6 is 0 Å². The number of ether oxygens (including phenoxy) is 1. The van der Waals surface area contributed by atoms with E-state index in [1.807, 2.05) is 31.1 Å². The van der Waals surface area contributed by atoms with E-state index >= 15 is 0 Å². The summed E-state index contributed by atoms with van der Waals surface area (Å²) < 4.78 is 32.8. The maximum absolute atomic E-state index is 12.6. The summed E-state index contributed by atoms with van der Waals surface area (Å²) in [5.41, 5.74) is 1.65. The van der Waals surface area contributed by atoms with Crippen molar-refractivity contribution in [1.29, 1.82) is 0 Å². The molecule has 1 aromatic heterocycles. The number of rotatable bonds is 8. The minimum Gasteiger partial charge on any atom is -0.497 e. The van der Waals surface area contributed by atoms with Gasteiger partial charge < -0.3 is 15.0 Å². The zero-order valence-electron chi connectivity index (χ0n) is 17.5. The number of nitrogens with zero attached hydrogens (tertiary/aromatic N) is 2. The van der Waals surface area contributed by atoms with Crippen LogP contribution in [0.3, 0.4) is 0 Å². The number of carbonyl (C=O) groups is 1. The molecule has 31 heavy (non-hydrogen) atoms. The molecule has 0 spiro atoms. The molecule has 0 atom stereocenters. The summed E-state index contributed by atoms with van der Waals surface area (Å²) in [5.74, 6) is 1.09. The fraction of sp³-hybridized carbons (Fsp3) is 0.182. The lowest BCUT2D eigenvalue weighted by atomic mass is 10.2. The van der Waals surface area contributed by atoms with Crippen LogP contribution in [0.1, 0.15) is 15.9 Å². The highest BCUT2D eigenvalue weighted by atomic mass is 32.2. The average Bonchev–Trinajstić information content (AvgIpc) is 2.78. The van der Waals surface area contributed by atoms with Gasteiger partial charge >= 0.3 is 0 Å². The zero-order chi connectivity index (χ0) is 22.4. The first-order valence-electron chi connectivity index (χ1n) is 9.46. The van der Waals surface area contributed by atoms with Crippen molar-refractivity contribution >= 4 is 27.4 Å². The van der Waals surface area contributed by atoms with Gasteiger partial charge in [0.25, 0.3) is 15.9 Å². The van der Waals surface area contributed by atoms with Gasteiger partial charge in [-0.3, -0.25) is 9.52 Å². The van der Waals surface area contributed by atoms with Crippen LogP contribution in [0, 0.1) is 0 Å². The van der Waals surface area contributed by atoms with Crippen molar-refractivity contribution in [3.8, 4) is 5.75 Å². The third kappa shape index (κ3) is 5.52. The summed E-state index contributed by atoms with van der Waals surface area (Å²) in [7, 11) is 1.52. The van der Waals surface area contributed by atoms with Gasteiger partial charge in [-0.15, -0.1) is 0 Å². The second-order valence-electron chi connectivity index (χ2n) is 6.92. The van der Waals surface area contributed by atoms with Crippen LogP contribution < -0.4 is 19.7 Å². The minimum atomic E-state index is -3.78. The molecule has 0 aliphatic carbocycles. The lowest BCUT2D eigenvalue weighted by Gasteiger charge is -2.16. The summed E-state index contributed by atoms with van der Waals surface area (Å²) in [5, 5.41) is 2.84. The van der Waals surface area contributed by atoms with Crippen molar-refractivity contribution in [2.24, 2.45) is 0 Å². The topological polar surface area (TPSA) is 101 Å². The summed E-state index contributed by atoms with van der Waals surface area (Å²) in [6.07, 6.45) is 1.69. The fourth-order valence-corrected chi connectivity index (χ4v) is 3.97. The predicted octanol–water partition coefficient (Wildman–Crippen LogP) is 2.89. The van der Waals surface area contributed by atoms with E-state index in [-0.39, 0.29) is 10.8 Å². The normalized spacial score (nSPS) is 10.9. The largest absolute Gasteiger partial charge is 0.497 e. The lowest BCUT2D eigenvalue weighted by Crippen LogP contribution is -2.24. The average molecular weight is 441 g/mol. The number of nitrogens with one attached hydrogen (secondary N) is 2. The Morgan fingerprint density at radius 2 is 1.71 bits per heavy atom. The lowest BCUT2D eigenvalue weighted by molar-refractivity contribution is 0.0951. The number of sulfonamides is 1. The highest BCUT2D eigenvalue weighted by molar-refractivity contribution is 7.92. The van der Waals surface area contributed by atoms with E-state index < -0.39 is 10.0 Å². The molecule has 1 heterocycles. The molecule has 162 valence electrons. The van der Waals surface area contributed by atoms with Crippen LogP contribution in [0.2, 0.25) is 0 Å². The summed E-state index contributed by atoms with van der Waals surface area (Å²) in [4.78, 5) is 18.7. The second-order valence-corrected chi connectivity index (χ2v) is 8.60. The Morgan fingerprint density at radius 1 is 1.03 bits per heavy atom. The smallest absolute Gasteiger partial charge is 0.261 e. The summed E-state index contributed by atoms with van der Waals surface area (Å²) in [6.45, 7) is 0.305. The zero-order valence-corrected chi connectivity index (χ0v) is 18.3. The van der Waals surface area contributed by atoms with Crippen LogP contribution in [-0.2, 0) is 16.6 Å². The third-order valence-electron chi connectivity index (χ3n) is 4.50. The Balaban J connectivity index is 1.66. The first-order chi connectivity index (χ1) is 14.8. The van der Waals surface area contributed by atoms with Crippen molar-refractivity contribution in [3.63, 3.8) is 0 Å². The fourth-order valence-electron chi connectivity index (χ4n) is 2.91. The molecule has 0 aliphatic heterocycles. The number of anilines is 2. The number of benzene rings is 2. The molecule has 0 bridgehead atoms. The Morgan fingerprint density at radius 3 is 2.32 bits per heavy atom. The number of hydrogen-bond donors (Lipinski definition) is 2. The molecule has 0 saturated heterocycles. The molecule has 3 aromatic rings. The quantitative estimate of drug-likeness (QED) is 0.559. The molecule has 0 fully saturated rings. The first kappa shape index (κ1) is 22.1. The Bertz CT molecular complexity index is 1140. The molecule has 3 rings (SSSR count). The van der Waals surface area contributed by atoms with Crippen LogP contribution in [0.4, 0.5) is 11.5 Å². The Hall–Kier alpha value is -3.59. The molecular formula is C22H24N4O4S. The van der Waals surface area contributed by atoms with E-state index in [1.165, 1.54) is 31.4 Å². The van der Waals surface area contributed by atoms with Gasteiger partial charge in [0.15, 0.2) is 0 Å². The van der Waals surface area contributed by atoms with Gasteiger partial charge in [-0.2, -0.15) is 0 Å². The molecule has 2 aromatic carbocycles. The van der Waals surface area contributed by atoms with Gasteiger partial charge in [0, 0.05) is 43.7 Å². The van der Waals surface area contributed by atoms with Crippen LogP contribution in [0.15, 0.2) is 71.8 Å². The van der Waals surface area contributed by atoms with Crippen molar-refractivity contribution in [2.45, 2.75) is 11.4 Å². The Labute approximate surface area is 181 Å². The number of hydrogen-bond acceptors (Lipinski definition) is 6. The molecule has 0 unspecified atom stereocenters. The summed E-state index contributed by atoms with van der Waals surface area (Å²) >= 11 is 0. The number of aromatic nitrogens is 1. The SMILES string of the molecule is COc1ccc(NS(=O)(=O)c2ccc(C(=O)NCc3cccnc3N(C)C)cc2)cc1. The van der Waals surface area contributed by atoms with Crippen LogP contribution in [0.25, 0.3) is 0 Å². The van der Waals surface area contributed by atoms with Crippen molar-refractivity contribution in [2.75, 3.05) is 30.8 Å². The van der Waals surface area contributed by atoms with Crippen molar-refractivity contribution in [3.05, 3.63) is 78.0 Å². The minimum absolute atomic E-state index is 0.0574. The number of methoxy groups -OCH3 is 1. The molecular weight excluding hydrogens is 416 g/mol. The maximum atomic E-state index is 12.6. The van der Waals surface area contributed by atoms with E-state index in [1.54, 1.807) is 30.5 Å². The Kier molecular flexibility index (Phi) is 6.76. The third-order valence-corrected chi connectivity index (χ3v) is 5.90. The molecule has 2 N–H and O–H groups in total. The molecule has 0 radical (unpaired) electrons.